The number of anilines is 1. The highest BCUT2D eigenvalue weighted by atomic mass is 16.1. The van der Waals surface area contributed by atoms with Gasteiger partial charge in [0.1, 0.15) is 5.69 Å². The first-order valence-electron chi connectivity index (χ1n) is 7.05. The molecule has 5 nitrogen and oxygen atoms in total. The number of fused-ring (bicyclic) bond motifs is 1. The number of amides is 1. The lowest BCUT2D eigenvalue weighted by molar-refractivity contribution is 0.0945. The molecule has 0 saturated carbocycles. The van der Waals surface area contributed by atoms with Crippen LogP contribution in [0.2, 0.25) is 0 Å². The van der Waals surface area contributed by atoms with E-state index < -0.39 is 0 Å². The molecule has 1 aromatic heterocycles. The summed E-state index contributed by atoms with van der Waals surface area (Å²) in [5, 5.41) is 3.80. The molecule has 2 aromatic rings. The summed E-state index contributed by atoms with van der Waals surface area (Å²) < 4.78 is 0. The van der Waals surface area contributed by atoms with Crippen LogP contribution in [-0.2, 0) is 0 Å². The predicted molar refractivity (Wildman–Crippen MR) is 86.0 cm³/mol. The Morgan fingerprint density at radius 3 is 2.67 bits per heavy atom. The van der Waals surface area contributed by atoms with Gasteiger partial charge < -0.3 is 10.7 Å². The second kappa shape index (κ2) is 6.10. The van der Waals surface area contributed by atoms with Crippen LogP contribution < -0.4 is 16.6 Å². The van der Waals surface area contributed by atoms with Crippen molar-refractivity contribution in [1.82, 2.24) is 10.3 Å². The number of rotatable bonds is 4. The average molecular weight is 286 g/mol. The van der Waals surface area contributed by atoms with E-state index in [1.54, 1.807) is 6.07 Å². The number of hydrazine groups is 1. The van der Waals surface area contributed by atoms with Crippen LogP contribution in [0.15, 0.2) is 30.3 Å². The molecule has 0 aliphatic rings. The van der Waals surface area contributed by atoms with Crippen molar-refractivity contribution < 1.29 is 4.79 Å². The number of nitrogens with two attached hydrogens (primary N) is 1. The van der Waals surface area contributed by atoms with Crippen LogP contribution in [-0.4, -0.2) is 17.4 Å². The van der Waals surface area contributed by atoms with Crippen LogP contribution in [0.1, 0.15) is 37.7 Å². The number of para-hydroxylation sites is 1. The van der Waals surface area contributed by atoms with Crippen LogP contribution in [0.3, 0.4) is 0 Å². The zero-order chi connectivity index (χ0) is 15.5. The monoisotopic (exact) mass is 286 g/mol. The number of benzene rings is 1. The highest BCUT2D eigenvalue weighted by molar-refractivity contribution is 5.99. The topological polar surface area (TPSA) is 80.0 Å². The van der Waals surface area contributed by atoms with Crippen LogP contribution in [0.5, 0.6) is 0 Å². The summed E-state index contributed by atoms with van der Waals surface area (Å²) in [5.74, 6) is 5.35. The third kappa shape index (κ3) is 3.92. The lowest BCUT2D eigenvalue weighted by Gasteiger charge is -2.18. The lowest BCUT2D eigenvalue weighted by atomic mass is 9.92. The molecule has 0 atom stereocenters. The Kier molecular flexibility index (Phi) is 4.43. The lowest BCUT2D eigenvalue weighted by Crippen LogP contribution is -2.28. The van der Waals surface area contributed by atoms with Gasteiger partial charge in [0.05, 0.1) is 11.2 Å². The van der Waals surface area contributed by atoms with Crippen molar-refractivity contribution in [1.29, 1.82) is 0 Å². The minimum Gasteiger partial charge on any atom is -0.351 e. The number of hydrogen-bond donors (Lipinski definition) is 3. The molecule has 4 N–H and O–H groups in total. The zero-order valence-electron chi connectivity index (χ0n) is 12.7. The van der Waals surface area contributed by atoms with E-state index in [4.69, 9.17) is 5.84 Å². The molecule has 2 rings (SSSR count). The van der Waals surface area contributed by atoms with Gasteiger partial charge in [-0.1, -0.05) is 39.0 Å². The van der Waals surface area contributed by atoms with Crippen LogP contribution in [0.25, 0.3) is 10.9 Å². The van der Waals surface area contributed by atoms with E-state index in [-0.39, 0.29) is 11.3 Å². The first-order chi connectivity index (χ1) is 9.90. The molecule has 5 heteroatoms. The second-order valence-electron chi connectivity index (χ2n) is 6.28. The van der Waals surface area contributed by atoms with Crippen molar-refractivity contribution in [3.8, 4) is 0 Å². The van der Waals surface area contributed by atoms with Crippen molar-refractivity contribution in [2.75, 3.05) is 12.0 Å². The predicted octanol–water partition coefficient (Wildman–Crippen LogP) is 2.69. The Bertz CT molecular complexity index is 646. The maximum Gasteiger partial charge on any atom is 0.269 e. The maximum absolute atomic E-state index is 12.2. The number of carbonyl (C=O) groups excluding carboxylic acids is 1. The van der Waals surface area contributed by atoms with E-state index >= 15 is 0 Å². The summed E-state index contributed by atoms with van der Waals surface area (Å²) in [5.41, 5.74) is 4.63. The maximum atomic E-state index is 12.2. The Balaban J connectivity index is 2.20. The molecule has 0 fully saturated rings. The summed E-state index contributed by atoms with van der Waals surface area (Å²) >= 11 is 0. The molecule has 0 aliphatic heterocycles. The molecule has 1 amide bonds. The normalized spacial score (nSPS) is 11.4. The third-order valence-corrected chi connectivity index (χ3v) is 3.26. The second-order valence-corrected chi connectivity index (χ2v) is 6.28. The van der Waals surface area contributed by atoms with Gasteiger partial charge in [0.2, 0.25) is 0 Å². The van der Waals surface area contributed by atoms with Crippen molar-refractivity contribution in [2.45, 2.75) is 27.2 Å². The Hall–Kier alpha value is -2.14. The summed E-state index contributed by atoms with van der Waals surface area (Å²) in [6.45, 7) is 7.06. The Morgan fingerprint density at radius 2 is 2.00 bits per heavy atom. The van der Waals surface area contributed by atoms with Gasteiger partial charge in [0.15, 0.2) is 0 Å². The molecule has 0 aliphatic carbocycles. The minimum absolute atomic E-state index is 0.179. The number of carbonyl (C=O) groups is 1. The summed E-state index contributed by atoms with van der Waals surface area (Å²) in [6.07, 6.45) is 0.911. The molecule has 0 bridgehead atoms. The van der Waals surface area contributed by atoms with Gasteiger partial charge >= 0.3 is 0 Å². The molecule has 21 heavy (non-hydrogen) atoms. The quantitative estimate of drug-likeness (QED) is 0.596. The first kappa shape index (κ1) is 15.3. The van der Waals surface area contributed by atoms with E-state index in [2.05, 4.69) is 36.5 Å². The van der Waals surface area contributed by atoms with Gasteiger partial charge in [-0.05, 0) is 24.0 Å². The molecule has 1 aromatic carbocycles. The molecule has 0 spiro atoms. The van der Waals surface area contributed by atoms with Gasteiger partial charge in [0, 0.05) is 11.9 Å². The fraction of sp³-hybridized carbons (Fsp3) is 0.375. The Labute approximate surface area is 124 Å². The molecular weight excluding hydrogens is 264 g/mol. The van der Waals surface area contributed by atoms with E-state index in [0.717, 1.165) is 17.3 Å². The number of hydrogen-bond acceptors (Lipinski definition) is 4. The molecule has 0 saturated heterocycles. The zero-order valence-corrected chi connectivity index (χ0v) is 12.7. The fourth-order valence-electron chi connectivity index (χ4n) is 2.05. The smallest absolute Gasteiger partial charge is 0.269 e. The largest absolute Gasteiger partial charge is 0.351 e. The van der Waals surface area contributed by atoms with Gasteiger partial charge in [-0.25, -0.2) is 4.98 Å². The summed E-state index contributed by atoms with van der Waals surface area (Å²) in [6, 6.07) is 9.25. The number of nitrogens with zero attached hydrogens (tertiary/aromatic N) is 1. The third-order valence-electron chi connectivity index (χ3n) is 3.26. The SMILES string of the molecule is CC(C)(C)CCNC(=O)c1cc(NN)c2ccccc2n1. The van der Waals surface area contributed by atoms with Crippen LogP contribution >= 0.6 is 0 Å². The Morgan fingerprint density at radius 1 is 1.29 bits per heavy atom. The highest BCUT2D eigenvalue weighted by Gasteiger charge is 2.14. The number of aromatic nitrogens is 1. The number of nitrogen functional groups attached to an aromatic ring is 1. The molecule has 1 heterocycles. The number of pyridine rings is 1. The van der Waals surface area contributed by atoms with Crippen LogP contribution in [0.4, 0.5) is 5.69 Å². The van der Waals surface area contributed by atoms with Gasteiger partial charge in [-0.3, -0.25) is 10.6 Å². The minimum atomic E-state index is -0.179. The van der Waals surface area contributed by atoms with Crippen molar-refractivity contribution >= 4 is 22.5 Å². The molecule has 112 valence electrons. The van der Waals surface area contributed by atoms with E-state index in [9.17, 15) is 4.79 Å². The standard InChI is InChI=1S/C16H22N4O/c1-16(2,3)8-9-18-15(21)14-10-13(20-17)11-6-4-5-7-12(11)19-14/h4-7,10H,8-9,17H2,1-3H3,(H,18,21)(H,19,20). The van der Waals surface area contributed by atoms with Crippen molar-refractivity contribution in [3.63, 3.8) is 0 Å². The van der Waals surface area contributed by atoms with Gasteiger partial charge in [0.25, 0.3) is 5.91 Å². The average Bonchev–Trinajstić information content (AvgIpc) is 2.44. The summed E-state index contributed by atoms with van der Waals surface area (Å²) in [4.78, 5) is 16.6. The van der Waals surface area contributed by atoms with Gasteiger partial charge in [-0.2, -0.15) is 0 Å². The molecule has 0 radical (unpaired) electrons. The van der Waals surface area contributed by atoms with Crippen LogP contribution in [0, 0.1) is 5.41 Å². The number of nitrogens with one attached hydrogen (secondary N) is 2. The first-order valence-corrected chi connectivity index (χ1v) is 7.05. The van der Waals surface area contributed by atoms with E-state index in [1.165, 1.54) is 0 Å². The molecule has 0 unspecified atom stereocenters. The fourth-order valence-corrected chi connectivity index (χ4v) is 2.05. The van der Waals surface area contributed by atoms with Crippen molar-refractivity contribution in [3.05, 3.63) is 36.0 Å². The summed E-state index contributed by atoms with van der Waals surface area (Å²) in [7, 11) is 0. The van der Waals surface area contributed by atoms with E-state index in [1.807, 2.05) is 24.3 Å². The van der Waals surface area contributed by atoms with Gasteiger partial charge in [-0.15, -0.1) is 0 Å². The highest BCUT2D eigenvalue weighted by Crippen LogP contribution is 2.22. The van der Waals surface area contributed by atoms with E-state index in [0.29, 0.717) is 17.9 Å². The van der Waals surface area contributed by atoms with Crippen molar-refractivity contribution in [2.24, 2.45) is 11.3 Å². The molecular formula is C16H22N4O.